The van der Waals surface area contributed by atoms with Crippen LogP contribution in [0.25, 0.3) is 0 Å². The third-order valence-corrected chi connectivity index (χ3v) is 6.63. The van der Waals surface area contributed by atoms with Crippen LogP contribution < -0.4 is 19.7 Å². The molecule has 0 unspecified atom stereocenters. The lowest BCUT2D eigenvalue weighted by molar-refractivity contribution is -0.121. The van der Waals surface area contributed by atoms with Crippen LogP contribution in [0.3, 0.4) is 0 Å². The van der Waals surface area contributed by atoms with Crippen LogP contribution in [-0.2, 0) is 19.6 Å². The van der Waals surface area contributed by atoms with E-state index in [1.165, 1.54) is 26.4 Å². The van der Waals surface area contributed by atoms with Gasteiger partial charge in [-0.05, 0) is 18.2 Å². The highest BCUT2D eigenvalue weighted by molar-refractivity contribution is 7.90. The van der Waals surface area contributed by atoms with E-state index in [1.807, 2.05) is 0 Å². The minimum Gasteiger partial charge on any atom is -0.493 e. The number of rotatable bonds is 4. The molecule has 4 rings (SSSR count). The molecule has 2 aromatic carbocycles. The highest BCUT2D eigenvalue weighted by Crippen LogP contribution is 2.39. The summed E-state index contributed by atoms with van der Waals surface area (Å²) in [6, 6.07) is 9.08. The lowest BCUT2D eigenvalue weighted by Gasteiger charge is -2.30. The molecule has 0 aliphatic carbocycles. The Kier molecular flexibility index (Phi) is 4.61. The second-order valence-corrected chi connectivity index (χ2v) is 8.40. The average molecular weight is 431 g/mol. The summed E-state index contributed by atoms with van der Waals surface area (Å²) in [5.74, 6) is -1.65. The molecule has 0 bridgehead atoms. The predicted octanol–water partition coefficient (Wildman–Crippen LogP) is 0.834. The van der Waals surface area contributed by atoms with E-state index < -0.39 is 34.3 Å². The Morgan fingerprint density at radius 1 is 1.10 bits per heavy atom. The summed E-state index contributed by atoms with van der Waals surface area (Å²) < 4.78 is 36.6. The van der Waals surface area contributed by atoms with Gasteiger partial charge in [0, 0.05) is 6.07 Å². The van der Waals surface area contributed by atoms with E-state index in [-0.39, 0.29) is 28.5 Å². The molecule has 2 aliphatic heterocycles. The second-order valence-electron chi connectivity index (χ2n) is 6.57. The fourth-order valence-corrected chi connectivity index (χ4v) is 4.94. The molecule has 2 aliphatic rings. The first kappa shape index (κ1) is 19.7. The molecular formula is C19H17N3O7S. The number of anilines is 2. The van der Waals surface area contributed by atoms with E-state index >= 15 is 0 Å². The zero-order valence-corrected chi connectivity index (χ0v) is 16.9. The minimum atomic E-state index is -4.28. The van der Waals surface area contributed by atoms with Crippen LogP contribution in [0.15, 0.2) is 41.3 Å². The summed E-state index contributed by atoms with van der Waals surface area (Å²) in [7, 11) is -1.58. The number of methoxy groups -OCH3 is 2. The monoisotopic (exact) mass is 431 g/mol. The highest BCUT2D eigenvalue weighted by Gasteiger charge is 2.44. The number of hydrogen-bond donors (Lipinski definition) is 1. The van der Waals surface area contributed by atoms with Gasteiger partial charge in [-0.2, -0.15) is 0 Å². The molecule has 0 fully saturated rings. The van der Waals surface area contributed by atoms with Gasteiger partial charge >= 0.3 is 0 Å². The maximum absolute atomic E-state index is 12.9. The first-order valence-corrected chi connectivity index (χ1v) is 10.2. The number of sulfonamides is 1. The molecule has 11 heteroatoms. The summed E-state index contributed by atoms with van der Waals surface area (Å²) in [5.41, 5.74) is 0.736. The molecule has 2 aromatic rings. The van der Waals surface area contributed by atoms with Gasteiger partial charge in [-0.3, -0.25) is 19.3 Å². The molecule has 0 spiro atoms. The van der Waals surface area contributed by atoms with Crippen LogP contribution in [-0.4, -0.2) is 57.8 Å². The zero-order chi connectivity index (χ0) is 21.6. The van der Waals surface area contributed by atoms with Crippen LogP contribution in [0.2, 0.25) is 0 Å². The number of nitrogens with zero attached hydrogens (tertiary/aromatic N) is 2. The van der Waals surface area contributed by atoms with E-state index in [2.05, 4.69) is 5.32 Å². The van der Waals surface area contributed by atoms with Gasteiger partial charge in [0.15, 0.2) is 11.5 Å². The Balaban J connectivity index is 1.68. The van der Waals surface area contributed by atoms with Crippen molar-refractivity contribution in [2.24, 2.45) is 0 Å². The number of ether oxygens (including phenoxy) is 2. The van der Waals surface area contributed by atoms with E-state index in [0.29, 0.717) is 15.7 Å². The van der Waals surface area contributed by atoms with E-state index in [4.69, 9.17) is 9.47 Å². The quantitative estimate of drug-likeness (QED) is 0.761. The van der Waals surface area contributed by atoms with Gasteiger partial charge in [0.05, 0.1) is 31.2 Å². The Morgan fingerprint density at radius 2 is 1.77 bits per heavy atom. The molecule has 0 saturated heterocycles. The van der Waals surface area contributed by atoms with Gasteiger partial charge < -0.3 is 14.8 Å². The lowest BCUT2D eigenvalue weighted by atomic mass is 10.1. The third-order valence-electron chi connectivity index (χ3n) is 4.86. The molecular weight excluding hydrogens is 414 g/mol. The molecule has 0 radical (unpaired) electrons. The van der Waals surface area contributed by atoms with Crippen molar-refractivity contribution in [3.05, 3.63) is 42.0 Å². The molecule has 2 heterocycles. The van der Waals surface area contributed by atoms with E-state index in [0.717, 1.165) is 4.90 Å². The molecule has 3 amide bonds. The Bertz CT molecular complexity index is 1190. The van der Waals surface area contributed by atoms with Gasteiger partial charge in [0.1, 0.15) is 18.0 Å². The fraction of sp³-hybridized carbons (Fsp3) is 0.211. The molecule has 156 valence electrons. The maximum atomic E-state index is 12.9. The summed E-state index contributed by atoms with van der Waals surface area (Å²) in [4.78, 5) is 38.6. The summed E-state index contributed by atoms with van der Waals surface area (Å²) in [6.45, 7) is -1.03. The lowest BCUT2D eigenvalue weighted by Crippen LogP contribution is -2.47. The van der Waals surface area contributed by atoms with Crippen LogP contribution in [0.4, 0.5) is 11.4 Å². The Hall–Kier alpha value is -3.60. The number of para-hydroxylation sites is 2. The van der Waals surface area contributed by atoms with Gasteiger partial charge in [0.25, 0.3) is 15.9 Å². The van der Waals surface area contributed by atoms with Gasteiger partial charge in [-0.1, -0.05) is 12.1 Å². The number of fused-ring (bicyclic) bond motifs is 2. The van der Waals surface area contributed by atoms with Crippen LogP contribution in [0.1, 0.15) is 10.4 Å². The summed E-state index contributed by atoms with van der Waals surface area (Å²) >= 11 is 0. The number of amides is 3. The molecule has 0 atom stereocenters. The van der Waals surface area contributed by atoms with Crippen molar-refractivity contribution in [1.29, 1.82) is 0 Å². The van der Waals surface area contributed by atoms with Gasteiger partial charge in [0.2, 0.25) is 11.8 Å². The smallest absolute Gasteiger partial charge is 0.269 e. The average Bonchev–Trinajstić information content (AvgIpc) is 2.92. The number of nitrogens with one attached hydrogen (secondary N) is 1. The third kappa shape index (κ3) is 2.94. The molecule has 1 N–H and O–H groups in total. The zero-order valence-electron chi connectivity index (χ0n) is 16.0. The molecule has 10 nitrogen and oxygen atoms in total. The van der Waals surface area contributed by atoms with Crippen molar-refractivity contribution >= 4 is 39.1 Å². The normalized spacial score (nSPS) is 16.6. The van der Waals surface area contributed by atoms with Crippen molar-refractivity contribution in [3.63, 3.8) is 0 Å². The molecule has 0 saturated carbocycles. The van der Waals surface area contributed by atoms with Crippen LogP contribution >= 0.6 is 0 Å². The van der Waals surface area contributed by atoms with Crippen molar-refractivity contribution in [2.45, 2.75) is 4.90 Å². The van der Waals surface area contributed by atoms with Gasteiger partial charge in [-0.15, -0.1) is 0 Å². The van der Waals surface area contributed by atoms with Crippen molar-refractivity contribution < 1.29 is 32.3 Å². The van der Waals surface area contributed by atoms with E-state index in [1.54, 1.807) is 24.3 Å². The summed E-state index contributed by atoms with van der Waals surface area (Å²) in [5, 5.41) is 2.64. The topological polar surface area (TPSA) is 122 Å². The van der Waals surface area contributed by atoms with Crippen LogP contribution in [0.5, 0.6) is 11.5 Å². The Labute approximate surface area is 172 Å². The van der Waals surface area contributed by atoms with Gasteiger partial charge in [-0.25, -0.2) is 12.7 Å². The standard InChI is InChI=1S/C19H17N3O7S/c1-28-14-7-11-16(8-15(14)29-2)30(26,27)22(19(11)25)10-18(24)21-9-17(23)20-12-5-3-4-6-13(12)21/h3-8H,9-10H2,1-2H3,(H,20,23). The number of benzene rings is 2. The largest absolute Gasteiger partial charge is 0.493 e. The SMILES string of the molecule is COc1cc2c(cc1OC)S(=O)(=O)N(CC(=O)N1CC(=O)Nc3ccccc31)C2=O. The predicted molar refractivity (Wildman–Crippen MR) is 105 cm³/mol. The number of carbonyl (C=O) groups is 3. The highest BCUT2D eigenvalue weighted by atomic mass is 32.2. The van der Waals surface area contributed by atoms with Crippen molar-refractivity contribution in [1.82, 2.24) is 4.31 Å². The van der Waals surface area contributed by atoms with Crippen molar-refractivity contribution in [2.75, 3.05) is 37.5 Å². The molecule has 30 heavy (non-hydrogen) atoms. The van der Waals surface area contributed by atoms with E-state index in [9.17, 15) is 22.8 Å². The first-order valence-electron chi connectivity index (χ1n) is 8.80. The fourth-order valence-electron chi connectivity index (χ4n) is 3.42. The summed E-state index contributed by atoms with van der Waals surface area (Å²) in [6.07, 6.45) is 0. The number of hydrogen-bond acceptors (Lipinski definition) is 7. The first-order chi connectivity index (χ1) is 14.3. The second kappa shape index (κ2) is 7.02. The molecule has 0 aromatic heterocycles. The maximum Gasteiger partial charge on any atom is 0.269 e. The Morgan fingerprint density at radius 3 is 2.47 bits per heavy atom. The number of carbonyl (C=O) groups excluding carboxylic acids is 3. The van der Waals surface area contributed by atoms with Crippen LogP contribution in [0, 0.1) is 0 Å². The van der Waals surface area contributed by atoms with Crippen molar-refractivity contribution in [3.8, 4) is 11.5 Å². The minimum absolute atomic E-state index is 0.114.